The zero-order valence-corrected chi connectivity index (χ0v) is 15.4. The second-order valence-electron chi connectivity index (χ2n) is 6.89. The van der Waals surface area contributed by atoms with Crippen molar-refractivity contribution < 1.29 is 0 Å². The van der Waals surface area contributed by atoms with Crippen molar-refractivity contribution in [2.45, 2.75) is 65.7 Å². The largest absolute Gasteiger partial charge is 0.310 e. The molecule has 1 aromatic carbocycles. The Morgan fingerprint density at radius 2 is 2.05 bits per heavy atom. The predicted molar refractivity (Wildman–Crippen MR) is 94.4 cm³/mol. The lowest BCUT2D eigenvalue weighted by Crippen LogP contribution is -2.32. The van der Waals surface area contributed by atoms with Gasteiger partial charge in [-0.15, -0.1) is 0 Å². The average molecular weight is 353 g/mol. The monoisotopic (exact) mass is 352 g/mol. The van der Waals surface area contributed by atoms with Crippen molar-refractivity contribution in [3.8, 4) is 0 Å². The smallest absolute Gasteiger partial charge is 0.0247 e. The molecule has 0 aliphatic carbocycles. The van der Waals surface area contributed by atoms with Crippen LogP contribution in [0.4, 0.5) is 0 Å². The molecule has 2 nitrogen and oxygen atoms in total. The van der Waals surface area contributed by atoms with E-state index in [1.807, 2.05) is 0 Å². The number of hydrogen-bond donors (Lipinski definition) is 1. The molecular weight excluding hydrogens is 324 g/mol. The predicted octanol–water partition coefficient (Wildman–Crippen LogP) is 4.57. The molecule has 1 fully saturated rings. The van der Waals surface area contributed by atoms with Gasteiger partial charge in [0.25, 0.3) is 0 Å². The highest BCUT2D eigenvalue weighted by atomic mass is 79.9. The van der Waals surface area contributed by atoms with E-state index in [0.717, 1.165) is 25.0 Å². The normalized spacial score (nSPS) is 19.9. The first-order valence-corrected chi connectivity index (χ1v) is 9.01. The highest BCUT2D eigenvalue weighted by Crippen LogP contribution is 2.28. The Balaban J connectivity index is 2.00. The minimum absolute atomic E-state index is 0.528. The van der Waals surface area contributed by atoms with Crippen molar-refractivity contribution in [2.24, 2.45) is 5.92 Å². The lowest BCUT2D eigenvalue weighted by Gasteiger charge is -2.28. The Labute approximate surface area is 138 Å². The Kier molecular flexibility index (Phi) is 6.27. The van der Waals surface area contributed by atoms with E-state index >= 15 is 0 Å². The van der Waals surface area contributed by atoms with Crippen LogP contribution >= 0.6 is 15.9 Å². The third-order valence-corrected chi connectivity index (χ3v) is 5.13. The van der Waals surface area contributed by atoms with E-state index in [4.69, 9.17) is 0 Å². The molecule has 1 aliphatic heterocycles. The van der Waals surface area contributed by atoms with Crippen molar-refractivity contribution in [2.75, 3.05) is 6.54 Å². The van der Waals surface area contributed by atoms with Crippen LogP contribution in [0.5, 0.6) is 0 Å². The maximum atomic E-state index is 3.76. The van der Waals surface area contributed by atoms with E-state index in [-0.39, 0.29) is 0 Å². The van der Waals surface area contributed by atoms with Gasteiger partial charge in [0.1, 0.15) is 0 Å². The Morgan fingerprint density at radius 3 is 2.67 bits per heavy atom. The summed E-state index contributed by atoms with van der Waals surface area (Å²) < 4.78 is 1.25. The summed E-state index contributed by atoms with van der Waals surface area (Å²) in [6, 6.07) is 8.09. The van der Waals surface area contributed by atoms with E-state index in [9.17, 15) is 0 Å². The lowest BCUT2D eigenvalue weighted by molar-refractivity contribution is 0.198. The van der Waals surface area contributed by atoms with E-state index in [1.54, 1.807) is 0 Å². The Hall–Kier alpha value is -0.380. The molecule has 1 heterocycles. The molecule has 118 valence electrons. The zero-order valence-electron chi connectivity index (χ0n) is 13.8. The van der Waals surface area contributed by atoms with Crippen LogP contribution in [0.3, 0.4) is 0 Å². The molecule has 1 atom stereocenters. The summed E-state index contributed by atoms with van der Waals surface area (Å²) in [4.78, 5) is 2.65. The number of nitrogens with zero attached hydrogens (tertiary/aromatic N) is 1. The lowest BCUT2D eigenvalue weighted by atomic mass is 10.0. The maximum absolute atomic E-state index is 3.76. The van der Waals surface area contributed by atoms with Crippen molar-refractivity contribution in [3.63, 3.8) is 0 Å². The van der Waals surface area contributed by atoms with Crippen molar-refractivity contribution in [1.29, 1.82) is 0 Å². The van der Waals surface area contributed by atoms with Gasteiger partial charge >= 0.3 is 0 Å². The molecule has 0 radical (unpaired) electrons. The van der Waals surface area contributed by atoms with Crippen LogP contribution in [0.1, 0.15) is 51.7 Å². The first-order chi connectivity index (χ1) is 9.97. The first-order valence-electron chi connectivity index (χ1n) is 8.22. The van der Waals surface area contributed by atoms with Gasteiger partial charge in [0.05, 0.1) is 0 Å². The number of likely N-dealkylation sites (tertiary alicyclic amines) is 1. The van der Waals surface area contributed by atoms with Gasteiger partial charge in [0, 0.05) is 29.6 Å². The van der Waals surface area contributed by atoms with Crippen LogP contribution in [-0.2, 0) is 13.1 Å². The summed E-state index contributed by atoms with van der Waals surface area (Å²) in [7, 11) is 0. The number of halogens is 1. The van der Waals surface area contributed by atoms with Gasteiger partial charge in [-0.2, -0.15) is 0 Å². The van der Waals surface area contributed by atoms with E-state index in [0.29, 0.717) is 6.04 Å². The fraction of sp³-hybridized carbons (Fsp3) is 0.667. The second-order valence-corrected chi connectivity index (χ2v) is 7.74. The van der Waals surface area contributed by atoms with Crippen LogP contribution in [0, 0.1) is 5.92 Å². The quantitative estimate of drug-likeness (QED) is 0.806. The highest BCUT2D eigenvalue weighted by molar-refractivity contribution is 9.10. The van der Waals surface area contributed by atoms with E-state index in [1.165, 1.54) is 35.0 Å². The zero-order chi connectivity index (χ0) is 15.4. The average Bonchev–Trinajstić information content (AvgIpc) is 2.87. The van der Waals surface area contributed by atoms with Gasteiger partial charge in [0.2, 0.25) is 0 Å². The van der Waals surface area contributed by atoms with Crippen molar-refractivity contribution in [1.82, 2.24) is 10.2 Å². The molecule has 1 saturated heterocycles. The second kappa shape index (κ2) is 7.75. The number of hydrogen-bond acceptors (Lipinski definition) is 2. The topological polar surface area (TPSA) is 15.3 Å². The summed E-state index contributed by atoms with van der Waals surface area (Å²) in [6.45, 7) is 12.3. The summed E-state index contributed by atoms with van der Waals surface area (Å²) in [5.74, 6) is 0.751. The fourth-order valence-electron chi connectivity index (χ4n) is 3.17. The van der Waals surface area contributed by atoms with Crippen LogP contribution in [0.15, 0.2) is 22.7 Å². The molecule has 1 aromatic rings. The van der Waals surface area contributed by atoms with Gasteiger partial charge in [-0.3, -0.25) is 4.90 Å². The van der Waals surface area contributed by atoms with Crippen LogP contribution in [0.25, 0.3) is 0 Å². The Morgan fingerprint density at radius 1 is 1.29 bits per heavy atom. The highest BCUT2D eigenvalue weighted by Gasteiger charge is 2.27. The van der Waals surface area contributed by atoms with E-state index < -0.39 is 0 Å². The molecule has 0 spiro atoms. The number of rotatable bonds is 6. The van der Waals surface area contributed by atoms with Crippen LogP contribution in [0.2, 0.25) is 0 Å². The fourth-order valence-corrected chi connectivity index (χ4v) is 3.72. The van der Waals surface area contributed by atoms with Gasteiger partial charge in [0.15, 0.2) is 0 Å². The third-order valence-electron chi connectivity index (χ3n) is 4.39. The Bertz CT molecular complexity index is 457. The molecule has 21 heavy (non-hydrogen) atoms. The molecule has 1 unspecified atom stereocenters. The molecule has 0 aromatic heterocycles. The molecule has 1 aliphatic rings. The van der Waals surface area contributed by atoms with Crippen molar-refractivity contribution in [3.05, 3.63) is 33.8 Å². The van der Waals surface area contributed by atoms with Gasteiger partial charge in [-0.05, 0) is 42.5 Å². The number of nitrogens with one attached hydrogen (secondary N) is 1. The minimum atomic E-state index is 0.528. The van der Waals surface area contributed by atoms with Gasteiger partial charge in [-0.25, -0.2) is 0 Å². The van der Waals surface area contributed by atoms with Crippen LogP contribution < -0.4 is 5.32 Å². The SMILES string of the molecule is CC(C)NCc1ccc(CN2CCCC2C(C)C)c(Br)c1. The summed E-state index contributed by atoms with van der Waals surface area (Å²) in [6.07, 6.45) is 2.70. The van der Waals surface area contributed by atoms with Crippen molar-refractivity contribution >= 4 is 15.9 Å². The van der Waals surface area contributed by atoms with E-state index in [2.05, 4.69) is 72.0 Å². The summed E-state index contributed by atoms with van der Waals surface area (Å²) in [5.41, 5.74) is 2.76. The molecular formula is C18H29BrN2. The summed E-state index contributed by atoms with van der Waals surface area (Å²) >= 11 is 3.76. The first kappa shape index (κ1) is 17.0. The summed E-state index contributed by atoms with van der Waals surface area (Å²) in [5, 5.41) is 3.47. The standard InChI is InChI=1S/C18H29BrN2/c1-13(2)18-6-5-9-21(18)12-16-8-7-15(10-17(16)19)11-20-14(3)4/h7-8,10,13-14,18,20H,5-6,9,11-12H2,1-4H3. The molecule has 0 saturated carbocycles. The van der Waals surface area contributed by atoms with Crippen LogP contribution in [-0.4, -0.2) is 23.5 Å². The molecule has 3 heteroatoms. The van der Waals surface area contributed by atoms with Gasteiger partial charge in [-0.1, -0.05) is 55.8 Å². The minimum Gasteiger partial charge on any atom is -0.310 e. The maximum Gasteiger partial charge on any atom is 0.0247 e. The van der Waals surface area contributed by atoms with Gasteiger partial charge < -0.3 is 5.32 Å². The molecule has 0 bridgehead atoms. The number of benzene rings is 1. The molecule has 2 rings (SSSR count). The third kappa shape index (κ3) is 4.80. The molecule has 1 N–H and O–H groups in total. The molecule has 0 amide bonds.